The molecule has 0 aliphatic heterocycles. The lowest BCUT2D eigenvalue weighted by atomic mass is 10.2. The normalized spacial score (nSPS) is 10.2. The summed E-state index contributed by atoms with van der Waals surface area (Å²) in [4.78, 5) is 32.4. The number of hydrogen-bond donors (Lipinski definition) is 2. The van der Waals surface area contributed by atoms with E-state index in [2.05, 4.69) is 20.6 Å². The number of aromatic nitrogens is 2. The fraction of sp³-hybridized carbons (Fsp3) is 0.100. The third-order valence-electron chi connectivity index (χ3n) is 3.72. The Kier molecular flexibility index (Phi) is 5.67. The molecule has 0 unspecified atom stereocenters. The Morgan fingerprint density at radius 2 is 1.12 bits per heavy atom. The lowest BCUT2D eigenvalue weighted by molar-refractivity contribution is 0.0944. The molecule has 1 aromatic heterocycles. The molecule has 0 aliphatic rings. The van der Waals surface area contributed by atoms with E-state index in [1.807, 2.05) is 60.7 Å². The lowest BCUT2D eigenvalue weighted by Gasteiger charge is -2.07. The van der Waals surface area contributed by atoms with Gasteiger partial charge in [-0.15, -0.1) is 0 Å². The zero-order valence-corrected chi connectivity index (χ0v) is 14.1. The molecule has 0 saturated heterocycles. The summed E-state index contributed by atoms with van der Waals surface area (Å²) in [7, 11) is 0. The van der Waals surface area contributed by atoms with Crippen LogP contribution in [0.1, 0.15) is 32.1 Å². The molecular weight excluding hydrogens is 328 g/mol. The van der Waals surface area contributed by atoms with Crippen LogP contribution in [-0.2, 0) is 13.1 Å². The Morgan fingerprint density at radius 1 is 0.692 bits per heavy atom. The van der Waals surface area contributed by atoms with Crippen molar-refractivity contribution >= 4 is 11.8 Å². The second kappa shape index (κ2) is 8.53. The van der Waals surface area contributed by atoms with E-state index in [0.717, 1.165) is 11.1 Å². The summed E-state index contributed by atoms with van der Waals surface area (Å²) < 4.78 is 0. The Labute approximate surface area is 151 Å². The molecule has 0 spiro atoms. The van der Waals surface area contributed by atoms with Gasteiger partial charge >= 0.3 is 0 Å². The van der Waals surface area contributed by atoms with Crippen molar-refractivity contribution in [3.8, 4) is 0 Å². The average molecular weight is 346 g/mol. The minimum Gasteiger partial charge on any atom is -0.347 e. The van der Waals surface area contributed by atoms with Crippen molar-refractivity contribution in [3.05, 3.63) is 95.6 Å². The maximum Gasteiger partial charge on any atom is 0.270 e. The third kappa shape index (κ3) is 4.73. The van der Waals surface area contributed by atoms with Crippen LogP contribution >= 0.6 is 0 Å². The molecule has 0 atom stereocenters. The minimum atomic E-state index is -0.353. The molecule has 0 bridgehead atoms. The van der Waals surface area contributed by atoms with Gasteiger partial charge in [-0.1, -0.05) is 60.7 Å². The molecule has 6 heteroatoms. The smallest absolute Gasteiger partial charge is 0.270 e. The molecule has 2 N–H and O–H groups in total. The summed E-state index contributed by atoms with van der Waals surface area (Å²) in [5.41, 5.74) is 2.27. The van der Waals surface area contributed by atoms with Gasteiger partial charge in [0.05, 0.1) is 0 Å². The number of nitrogens with one attached hydrogen (secondary N) is 2. The molecule has 3 rings (SSSR count). The van der Waals surface area contributed by atoms with Crippen molar-refractivity contribution in [2.24, 2.45) is 0 Å². The maximum absolute atomic E-state index is 12.2. The van der Waals surface area contributed by atoms with Crippen molar-refractivity contribution in [1.82, 2.24) is 20.6 Å². The van der Waals surface area contributed by atoms with Gasteiger partial charge in [0.25, 0.3) is 11.8 Å². The zero-order valence-electron chi connectivity index (χ0n) is 14.1. The number of carbonyl (C=O) groups excluding carboxylic acids is 2. The topological polar surface area (TPSA) is 84.0 Å². The van der Waals surface area contributed by atoms with Gasteiger partial charge in [0, 0.05) is 19.2 Å². The molecule has 6 nitrogen and oxygen atoms in total. The molecule has 0 saturated carbocycles. The predicted octanol–water partition coefficient (Wildman–Crippen LogP) is 2.34. The molecule has 1 heterocycles. The fourth-order valence-corrected chi connectivity index (χ4v) is 2.34. The number of amides is 2. The van der Waals surface area contributed by atoms with E-state index in [9.17, 15) is 9.59 Å². The van der Waals surface area contributed by atoms with Crippen LogP contribution in [0.15, 0.2) is 73.1 Å². The fourth-order valence-electron chi connectivity index (χ4n) is 2.34. The van der Waals surface area contributed by atoms with E-state index in [1.165, 1.54) is 12.4 Å². The highest BCUT2D eigenvalue weighted by atomic mass is 16.2. The second-order valence-corrected chi connectivity index (χ2v) is 5.63. The summed E-state index contributed by atoms with van der Waals surface area (Å²) in [5.74, 6) is -0.707. The van der Waals surface area contributed by atoms with Crippen LogP contribution in [-0.4, -0.2) is 21.8 Å². The van der Waals surface area contributed by atoms with Gasteiger partial charge in [0.15, 0.2) is 0 Å². The van der Waals surface area contributed by atoms with E-state index in [-0.39, 0.29) is 23.2 Å². The van der Waals surface area contributed by atoms with Crippen LogP contribution in [0.5, 0.6) is 0 Å². The first-order valence-corrected chi connectivity index (χ1v) is 8.18. The molecule has 0 aliphatic carbocycles. The third-order valence-corrected chi connectivity index (χ3v) is 3.72. The largest absolute Gasteiger partial charge is 0.347 e. The molecule has 0 fully saturated rings. The number of benzene rings is 2. The van der Waals surface area contributed by atoms with E-state index in [0.29, 0.717) is 13.1 Å². The molecule has 2 amide bonds. The number of nitrogens with zero attached hydrogens (tertiary/aromatic N) is 2. The van der Waals surface area contributed by atoms with Gasteiger partial charge in [-0.25, -0.2) is 9.97 Å². The summed E-state index contributed by atoms with van der Waals surface area (Å²) >= 11 is 0. The summed E-state index contributed by atoms with van der Waals surface area (Å²) in [6.07, 6.45) is 1.22. The van der Waals surface area contributed by atoms with E-state index < -0.39 is 0 Å². The van der Waals surface area contributed by atoms with Crippen LogP contribution in [0.3, 0.4) is 0 Å². The molecule has 26 heavy (non-hydrogen) atoms. The second-order valence-electron chi connectivity index (χ2n) is 5.63. The van der Waals surface area contributed by atoms with Crippen LogP contribution in [0.2, 0.25) is 0 Å². The van der Waals surface area contributed by atoms with Crippen LogP contribution < -0.4 is 10.6 Å². The Bertz CT molecular complexity index is 812. The number of carbonyl (C=O) groups is 2. The number of rotatable bonds is 6. The van der Waals surface area contributed by atoms with Crippen molar-refractivity contribution in [3.63, 3.8) is 0 Å². The van der Waals surface area contributed by atoms with Gasteiger partial charge < -0.3 is 10.6 Å². The van der Waals surface area contributed by atoms with Gasteiger partial charge in [-0.3, -0.25) is 9.59 Å². The molecule has 130 valence electrons. The van der Waals surface area contributed by atoms with E-state index in [4.69, 9.17) is 0 Å². The SMILES string of the molecule is O=C(NCc1ccccc1)c1cc(C(=O)NCc2ccccc2)ncn1. The Balaban J connectivity index is 1.60. The van der Waals surface area contributed by atoms with E-state index in [1.54, 1.807) is 0 Å². The number of hydrogen-bond acceptors (Lipinski definition) is 4. The summed E-state index contributed by atoms with van der Waals surface area (Å²) in [6.45, 7) is 0.776. The lowest BCUT2D eigenvalue weighted by Crippen LogP contribution is -2.27. The standard InChI is InChI=1S/C20H18N4O2/c25-19(21-12-15-7-3-1-4-8-15)17-11-18(24-14-23-17)20(26)22-13-16-9-5-2-6-10-16/h1-11,14H,12-13H2,(H,21,25)(H,22,26). The molecule has 0 radical (unpaired) electrons. The average Bonchev–Trinajstić information content (AvgIpc) is 2.72. The van der Waals surface area contributed by atoms with Crippen LogP contribution in [0.25, 0.3) is 0 Å². The van der Waals surface area contributed by atoms with Crippen molar-refractivity contribution in [2.45, 2.75) is 13.1 Å². The quantitative estimate of drug-likeness (QED) is 0.717. The van der Waals surface area contributed by atoms with Gasteiger partial charge in [-0.05, 0) is 11.1 Å². The molecule has 2 aromatic carbocycles. The molecular formula is C20H18N4O2. The Hall–Kier alpha value is -3.54. The highest BCUT2D eigenvalue weighted by molar-refractivity contribution is 5.97. The van der Waals surface area contributed by atoms with Gasteiger partial charge in [0.1, 0.15) is 17.7 Å². The van der Waals surface area contributed by atoms with Crippen molar-refractivity contribution in [2.75, 3.05) is 0 Å². The maximum atomic E-state index is 12.2. The van der Waals surface area contributed by atoms with E-state index >= 15 is 0 Å². The van der Waals surface area contributed by atoms with Crippen LogP contribution in [0, 0.1) is 0 Å². The zero-order chi connectivity index (χ0) is 18.2. The minimum absolute atomic E-state index is 0.154. The first-order chi connectivity index (χ1) is 12.7. The first kappa shape index (κ1) is 17.3. The van der Waals surface area contributed by atoms with Crippen LogP contribution in [0.4, 0.5) is 0 Å². The summed E-state index contributed by atoms with van der Waals surface area (Å²) in [5, 5.41) is 5.56. The van der Waals surface area contributed by atoms with Crippen molar-refractivity contribution in [1.29, 1.82) is 0 Å². The summed E-state index contributed by atoms with van der Waals surface area (Å²) in [6, 6.07) is 20.5. The van der Waals surface area contributed by atoms with Gasteiger partial charge in [-0.2, -0.15) is 0 Å². The molecule has 3 aromatic rings. The monoisotopic (exact) mass is 346 g/mol. The van der Waals surface area contributed by atoms with Crippen molar-refractivity contribution < 1.29 is 9.59 Å². The Morgan fingerprint density at radius 3 is 1.54 bits per heavy atom. The first-order valence-electron chi connectivity index (χ1n) is 8.18. The highest BCUT2D eigenvalue weighted by Gasteiger charge is 2.13. The highest BCUT2D eigenvalue weighted by Crippen LogP contribution is 2.03. The predicted molar refractivity (Wildman–Crippen MR) is 97.3 cm³/mol. The van der Waals surface area contributed by atoms with Gasteiger partial charge in [0.2, 0.25) is 0 Å².